The number of rotatable bonds is 2. The molecule has 0 aliphatic rings. The van der Waals surface area contributed by atoms with Crippen molar-refractivity contribution >= 4 is 44.8 Å². The number of aromatic amines is 1. The summed E-state index contributed by atoms with van der Waals surface area (Å²) in [7, 11) is 0. The summed E-state index contributed by atoms with van der Waals surface area (Å²) in [5.74, 6) is -0.265. The number of esters is 1. The second-order valence-electron chi connectivity index (χ2n) is 6.42. The van der Waals surface area contributed by atoms with Gasteiger partial charge in [0.1, 0.15) is 5.69 Å². The first-order chi connectivity index (χ1) is 13.2. The molecule has 0 unspecified atom stereocenters. The Morgan fingerprint density at radius 1 is 0.963 bits per heavy atom. The van der Waals surface area contributed by atoms with Crippen LogP contribution in [0.2, 0.25) is 0 Å². The lowest BCUT2D eigenvalue weighted by Gasteiger charge is -2.05. The molecular weight excluding hydrogens is 338 g/mol. The first-order valence-corrected chi connectivity index (χ1v) is 8.65. The van der Waals surface area contributed by atoms with Gasteiger partial charge in [0.05, 0.1) is 16.4 Å². The highest BCUT2D eigenvalue weighted by atomic mass is 16.5. The van der Waals surface area contributed by atoms with Gasteiger partial charge in [-0.2, -0.15) is 0 Å². The third-order valence-corrected chi connectivity index (χ3v) is 4.63. The third kappa shape index (κ3) is 2.60. The molecule has 5 aromatic rings. The number of aryl methyl sites for hydroxylation is 1. The molecule has 5 nitrogen and oxygen atoms in total. The van der Waals surface area contributed by atoms with Crippen molar-refractivity contribution < 1.29 is 9.53 Å². The predicted octanol–water partition coefficient (Wildman–Crippen LogP) is 3.68. The van der Waals surface area contributed by atoms with Crippen LogP contribution in [-0.2, 0) is 4.79 Å². The highest BCUT2D eigenvalue weighted by molar-refractivity contribution is 6.12. The number of carbonyl (C=O) groups excluding carboxylic acids is 1. The molecule has 2 aromatic heterocycles. The van der Waals surface area contributed by atoms with Gasteiger partial charge in [-0.05, 0) is 30.5 Å². The molecule has 5 heteroatoms. The van der Waals surface area contributed by atoms with E-state index in [-0.39, 0.29) is 5.88 Å². The van der Waals surface area contributed by atoms with Gasteiger partial charge in [-0.25, -0.2) is 14.8 Å². The van der Waals surface area contributed by atoms with Crippen molar-refractivity contribution in [1.82, 2.24) is 15.0 Å². The standard InChI is InChI=1S/C22H15N3O2/c1-13-22(25-17-10-3-2-9-16(17)23-13)27-20(26)12-19-15-8-4-6-14-7-5-11-18(24-19)21(14)15/h2-12,24H,1H3/b19-12-. The highest BCUT2D eigenvalue weighted by Crippen LogP contribution is 2.23. The van der Waals surface area contributed by atoms with Gasteiger partial charge in [0.15, 0.2) is 0 Å². The number of hydrogen-bond donors (Lipinski definition) is 1. The van der Waals surface area contributed by atoms with Gasteiger partial charge in [0.2, 0.25) is 5.88 Å². The lowest BCUT2D eigenvalue weighted by Crippen LogP contribution is -2.13. The number of hydrogen-bond acceptors (Lipinski definition) is 4. The molecular formula is C22H15N3O2. The summed E-state index contributed by atoms with van der Waals surface area (Å²) in [4.78, 5) is 24.7. The molecule has 3 aromatic carbocycles. The number of para-hydroxylation sites is 2. The van der Waals surface area contributed by atoms with Crippen molar-refractivity contribution in [3.8, 4) is 5.88 Å². The van der Waals surface area contributed by atoms with Crippen LogP contribution < -0.4 is 10.1 Å². The molecule has 0 amide bonds. The monoisotopic (exact) mass is 353 g/mol. The maximum atomic E-state index is 12.5. The number of aromatic nitrogens is 3. The quantitative estimate of drug-likeness (QED) is 0.492. The number of benzene rings is 3. The second kappa shape index (κ2) is 5.92. The molecule has 1 N–H and O–H groups in total. The summed E-state index contributed by atoms with van der Waals surface area (Å²) in [6.45, 7) is 1.78. The number of ether oxygens (including phenoxy) is 1. The number of nitrogens with one attached hydrogen (secondary N) is 1. The summed E-state index contributed by atoms with van der Waals surface area (Å²) in [5.41, 5.74) is 3.02. The van der Waals surface area contributed by atoms with Gasteiger partial charge in [0, 0.05) is 22.4 Å². The number of carbonyl (C=O) groups is 1. The van der Waals surface area contributed by atoms with E-state index in [1.54, 1.807) is 6.92 Å². The van der Waals surface area contributed by atoms with E-state index in [4.69, 9.17) is 4.74 Å². The summed E-state index contributed by atoms with van der Waals surface area (Å²) >= 11 is 0. The lowest BCUT2D eigenvalue weighted by atomic mass is 10.1. The molecule has 2 heterocycles. The molecule has 0 spiro atoms. The molecule has 0 saturated heterocycles. The Hall–Kier alpha value is -3.73. The largest absolute Gasteiger partial charge is 0.402 e. The predicted molar refractivity (Wildman–Crippen MR) is 105 cm³/mol. The van der Waals surface area contributed by atoms with Crippen LogP contribution in [0.25, 0.3) is 38.8 Å². The number of H-pyrrole nitrogens is 1. The third-order valence-electron chi connectivity index (χ3n) is 4.63. The van der Waals surface area contributed by atoms with Crippen LogP contribution in [0.3, 0.4) is 0 Å². The summed E-state index contributed by atoms with van der Waals surface area (Å²) in [5, 5.41) is 3.95. The van der Waals surface area contributed by atoms with Gasteiger partial charge in [-0.15, -0.1) is 0 Å². The van der Waals surface area contributed by atoms with Crippen LogP contribution in [0.5, 0.6) is 5.88 Å². The fraction of sp³-hybridized carbons (Fsp3) is 0.0455. The molecule has 0 fully saturated rings. The fourth-order valence-electron chi connectivity index (χ4n) is 3.41. The molecule has 0 aliphatic heterocycles. The van der Waals surface area contributed by atoms with E-state index in [9.17, 15) is 4.79 Å². The number of nitrogens with zero attached hydrogens (tertiary/aromatic N) is 2. The van der Waals surface area contributed by atoms with Crippen molar-refractivity contribution in [3.63, 3.8) is 0 Å². The normalized spacial score (nSPS) is 12.3. The van der Waals surface area contributed by atoms with Gasteiger partial charge in [0.25, 0.3) is 0 Å². The summed E-state index contributed by atoms with van der Waals surface area (Å²) in [6, 6.07) is 19.6. The van der Waals surface area contributed by atoms with Gasteiger partial charge >= 0.3 is 5.97 Å². The summed E-state index contributed by atoms with van der Waals surface area (Å²) in [6.07, 6.45) is 1.46. The maximum absolute atomic E-state index is 12.5. The molecule has 0 radical (unpaired) electrons. The van der Waals surface area contributed by atoms with Crippen LogP contribution >= 0.6 is 0 Å². The van der Waals surface area contributed by atoms with E-state index in [2.05, 4.69) is 27.1 Å². The summed E-state index contributed by atoms with van der Waals surface area (Å²) < 4.78 is 5.48. The van der Waals surface area contributed by atoms with Crippen molar-refractivity contribution in [3.05, 3.63) is 71.7 Å². The molecule has 0 aliphatic carbocycles. The number of fused-ring (bicyclic) bond motifs is 1. The first-order valence-electron chi connectivity index (χ1n) is 8.65. The Balaban J connectivity index is 1.57. The molecule has 0 atom stereocenters. The zero-order valence-electron chi connectivity index (χ0n) is 14.6. The van der Waals surface area contributed by atoms with Crippen molar-refractivity contribution in [1.29, 1.82) is 0 Å². The average molecular weight is 353 g/mol. The average Bonchev–Trinajstić information content (AvgIpc) is 3.02. The SMILES string of the molecule is Cc1nc2ccccc2nc1OC(=O)/C=c1\[nH]c2cccc3cccc1c32. The van der Waals surface area contributed by atoms with E-state index < -0.39 is 5.97 Å². The topological polar surface area (TPSA) is 67.9 Å². The van der Waals surface area contributed by atoms with Crippen LogP contribution in [0, 0.1) is 6.92 Å². The van der Waals surface area contributed by atoms with E-state index in [1.165, 1.54) is 6.08 Å². The van der Waals surface area contributed by atoms with Crippen LogP contribution in [0.4, 0.5) is 0 Å². The van der Waals surface area contributed by atoms with E-state index in [0.717, 1.165) is 32.5 Å². The Bertz CT molecular complexity index is 1380. The molecule has 27 heavy (non-hydrogen) atoms. The van der Waals surface area contributed by atoms with Crippen LogP contribution in [-0.4, -0.2) is 20.9 Å². The van der Waals surface area contributed by atoms with E-state index in [1.807, 2.05) is 48.5 Å². The van der Waals surface area contributed by atoms with Crippen molar-refractivity contribution in [2.75, 3.05) is 0 Å². The Kier molecular flexibility index (Phi) is 3.40. The second-order valence-corrected chi connectivity index (χ2v) is 6.42. The molecule has 5 rings (SSSR count). The highest BCUT2D eigenvalue weighted by Gasteiger charge is 2.11. The minimum Gasteiger partial charge on any atom is -0.402 e. The zero-order valence-corrected chi connectivity index (χ0v) is 14.6. The van der Waals surface area contributed by atoms with Crippen molar-refractivity contribution in [2.45, 2.75) is 6.92 Å². The molecule has 0 bridgehead atoms. The van der Waals surface area contributed by atoms with Crippen molar-refractivity contribution in [2.24, 2.45) is 0 Å². The molecule has 0 saturated carbocycles. The first kappa shape index (κ1) is 15.5. The van der Waals surface area contributed by atoms with Gasteiger partial charge < -0.3 is 9.72 Å². The minimum atomic E-state index is -0.491. The van der Waals surface area contributed by atoms with E-state index in [0.29, 0.717) is 11.2 Å². The minimum absolute atomic E-state index is 0.226. The Morgan fingerprint density at radius 3 is 2.52 bits per heavy atom. The van der Waals surface area contributed by atoms with E-state index >= 15 is 0 Å². The Morgan fingerprint density at radius 2 is 1.70 bits per heavy atom. The maximum Gasteiger partial charge on any atom is 0.339 e. The fourth-order valence-corrected chi connectivity index (χ4v) is 3.41. The lowest BCUT2D eigenvalue weighted by molar-refractivity contribution is -0.127. The van der Waals surface area contributed by atoms with Crippen LogP contribution in [0.1, 0.15) is 5.69 Å². The molecule has 130 valence electrons. The Labute approximate surface area is 154 Å². The van der Waals surface area contributed by atoms with Crippen LogP contribution in [0.15, 0.2) is 60.7 Å². The van der Waals surface area contributed by atoms with Gasteiger partial charge in [-0.3, -0.25) is 0 Å². The smallest absolute Gasteiger partial charge is 0.339 e. The van der Waals surface area contributed by atoms with Gasteiger partial charge in [-0.1, -0.05) is 42.5 Å². The zero-order chi connectivity index (χ0) is 18.4.